The minimum absolute atomic E-state index is 0.0320. The molecule has 0 N–H and O–H groups in total. The Labute approximate surface area is 626 Å². The van der Waals surface area contributed by atoms with E-state index in [1.165, 1.54) is 314 Å². The summed E-state index contributed by atoms with van der Waals surface area (Å²) in [6.45, 7) is 10.7. The predicted molar refractivity (Wildman–Crippen MR) is 420 cm³/mol. The van der Waals surface area contributed by atoms with Gasteiger partial charge in [0.25, 0.3) is 0 Å². The molecule has 0 radical (unpaired) electrons. The molecule has 0 fully saturated rings. The second-order valence-electron chi connectivity index (χ2n) is 30.4. The average molecular weight is 1620 g/mol. The van der Waals surface area contributed by atoms with Crippen molar-refractivity contribution in [2.24, 2.45) is 0 Å². The maximum atomic E-state index is 14.7. The van der Waals surface area contributed by atoms with E-state index in [4.69, 9.17) is 18.4 Å². The van der Waals surface area contributed by atoms with E-state index in [1.54, 1.807) is 0 Å². The van der Waals surface area contributed by atoms with Crippen LogP contribution in [-0.2, 0) is 47.2 Å². The van der Waals surface area contributed by atoms with Crippen molar-refractivity contribution in [1.29, 1.82) is 0 Å². The van der Waals surface area contributed by atoms with Crippen molar-refractivity contribution in [1.82, 2.24) is 0 Å². The van der Waals surface area contributed by atoms with Crippen LogP contribution in [0.4, 0.5) is 0 Å². The van der Waals surface area contributed by atoms with Gasteiger partial charge in [-0.15, -0.1) is 0 Å². The first kappa shape index (κ1) is 93.7. The monoisotopic (exact) mass is 1620 g/mol. The molecular formula is C86H156O12Sn2. The van der Waals surface area contributed by atoms with Crippen LogP contribution in [0.2, 0.25) is 8.87 Å². The molecule has 0 amide bonds. The molecule has 12 nitrogen and oxygen atoms in total. The van der Waals surface area contributed by atoms with Crippen molar-refractivity contribution < 1.29 is 47.2 Å². The summed E-state index contributed by atoms with van der Waals surface area (Å²) in [5.74, 6) is -4.79. The van der Waals surface area contributed by atoms with E-state index in [9.17, 15) is 28.8 Å². The van der Waals surface area contributed by atoms with Gasteiger partial charge in [-0.3, -0.25) is 0 Å². The van der Waals surface area contributed by atoms with Crippen LogP contribution in [0, 0.1) is 0 Å². The fraction of sp³-hybridized carbons (Fsp3) is 0.860. The fourth-order valence-corrected chi connectivity index (χ4v) is 27.8. The van der Waals surface area contributed by atoms with E-state index in [2.05, 4.69) is 20.8 Å². The third kappa shape index (κ3) is 52.6. The minimum atomic E-state index is -5.38. The summed E-state index contributed by atoms with van der Waals surface area (Å²) in [6, 6.07) is 0. The first-order valence-corrected chi connectivity index (χ1v) is 54.5. The van der Waals surface area contributed by atoms with E-state index in [0.29, 0.717) is 57.8 Å². The van der Waals surface area contributed by atoms with Crippen LogP contribution in [0.15, 0.2) is 34.9 Å². The van der Waals surface area contributed by atoms with Gasteiger partial charge in [-0.25, -0.2) is 0 Å². The van der Waals surface area contributed by atoms with Crippen LogP contribution >= 0.6 is 0 Å². The maximum absolute atomic E-state index is 14.7. The van der Waals surface area contributed by atoms with Gasteiger partial charge >= 0.3 is 379 Å². The molecule has 0 saturated heterocycles. The molecule has 2 aliphatic heterocycles. The molecule has 2 heterocycles. The van der Waals surface area contributed by atoms with Crippen LogP contribution in [0.25, 0.3) is 0 Å². The molecule has 0 aromatic rings. The molecule has 14 heteroatoms. The quantitative estimate of drug-likeness (QED) is 0.0323. The molecule has 2 unspecified atom stereocenters. The van der Waals surface area contributed by atoms with Crippen molar-refractivity contribution in [3.05, 3.63) is 34.9 Å². The third-order valence-electron chi connectivity index (χ3n) is 20.7. The summed E-state index contributed by atoms with van der Waals surface area (Å²) in [4.78, 5) is 84.1. The van der Waals surface area contributed by atoms with Crippen molar-refractivity contribution in [3.63, 3.8) is 0 Å². The number of hydrogen-bond acceptors (Lipinski definition) is 12. The second kappa shape index (κ2) is 67.3. The van der Waals surface area contributed by atoms with E-state index < -0.39 is 75.1 Å². The Kier molecular flexibility index (Phi) is 63.0. The van der Waals surface area contributed by atoms with Crippen molar-refractivity contribution in [3.8, 4) is 0 Å². The van der Waals surface area contributed by atoms with E-state index in [0.717, 1.165) is 70.3 Å². The van der Waals surface area contributed by atoms with Gasteiger partial charge in [0.2, 0.25) is 0 Å². The summed E-state index contributed by atoms with van der Waals surface area (Å²) < 4.78 is 36.7. The Balaban J connectivity index is 2.00. The molecule has 580 valence electrons. The van der Waals surface area contributed by atoms with Crippen molar-refractivity contribution >= 4 is 75.1 Å². The molecule has 100 heavy (non-hydrogen) atoms. The third-order valence-corrected chi connectivity index (χ3v) is 34.9. The Morgan fingerprint density at radius 3 is 0.760 bits per heavy atom. The normalized spacial score (nSPS) is 16.6. The van der Waals surface area contributed by atoms with Gasteiger partial charge < -0.3 is 0 Å². The molecule has 0 aliphatic carbocycles. The first-order chi connectivity index (χ1) is 49.0. The van der Waals surface area contributed by atoms with Gasteiger partial charge in [0.15, 0.2) is 0 Å². The number of carbonyl (C=O) groups is 6. The second-order valence-corrected chi connectivity index (χ2v) is 44.6. The summed E-state index contributed by atoms with van der Waals surface area (Å²) in [5.41, 5.74) is 0.405. The molecule has 2 atom stereocenters. The fourth-order valence-electron chi connectivity index (χ4n) is 14.2. The van der Waals surface area contributed by atoms with Crippen LogP contribution in [-0.4, -0.2) is 75.1 Å². The Morgan fingerprint density at radius 2 is 0.510 bits per heavy atom. The van der Waals surface area contributed by atoms with Gasteiger partial charge in [0.05, 0.1) is 0 Å². The van der Waals surface area contributed by atoms with Crippen LogP contribution < -0.4 is 0 Å². The molecule has 0 saturated carbocycles. The molecule has 2 rings (SSSR count). The molecular weight excluding hydrogens is 1460 g/mol. The Hall–Kier alpha value is -2.36. The van der Waals surface area contributed by atoms with Crippen molar-refractivity contribution in [2.45, 2.75) is 474 Å². The van der Waals surface area contributed by atoms with E-state index >= 15 is 0 Å². The van der Waals surface area contributed by atoms with Gasteiger partial charge in [0.1, 0.15) is 0 Å². The van der Waals surface area contributed by atoms with E-state index in [1.807, 2.05) is 13.8 Å². The van der Waals surface area contributed by atoms with Crippen LogP contribution in [0.5, 0.6) is 0 Å². The van der Waals surface area contributed by atoms with Gasteiger partial charge in [-0.05, 0) is 0 Å². The number of carbonyl (C=O) groups excluding carboxylic acids is 6. The first-order valence-electron chi connectivity index (χ1n) is 43.5. The standard InChI is InChI=1S/3C26H48O4.2C4H9.2Sn/c3*1-2-3-4-5-6-7-8-9-10-11-12-13-14-15-16-17-18-19-20-21-22-24(26(29)30)23-25(27)28;2*1-3-4-2;;/h3*23H,2-22H2,1H3,(H,27,28)(H,29,30);2*1,3-4H2,2H3;;/q;;;;;2*+3/p-6/b24-23-;;;;;;. The SMILES string of the molecule is CCCCCCCCCCCCCCCCCCCCCCC1=CC(=O)[O][Sn]([CH2]CCC)([O]C(=O)/C=C(/CCCCCCCCCCCCCCCCCCCCCC)C(=O)[O][Sn]2([CH2]CCC)[O]C(=O)C=C(CCCCCCCCCCCCCCCCCCCCCC)C(=O)[O]2)[O]C1=O. The topological polar surface area (TPSA) is 158 Å². The van der Waals surface area contributed by atoms with Gasteiger partial charge in [0, 0.05) is 0 Å². The summed E-state index contributed by atoms with van der Waals surface area (Å²) in [5, 5.41) is 0. The predicted octanol–water partition coefficient (Wildman–Crippen LogP) is 27.2. The molecule has 0 bridgehead atoms. The number of unbranched alkanes of at least 4 members (excludes halogenated alkanes) is 59. The average Bonchev–Trinajstić information content (AvgIpc) is 1.60. The Morgan fingerprint density at radius 1 is 0.290 bits per heavy atom. The van der Waals surface area contributed by atoms with Crippen LogP contribution in [0.1, 0.15) is 465 Å². The molecule has 0 aromatic heterocycles. The van der Waals surface area contributed by atoms with E-state index in [-0.39, 0.29) is 32.0 Å². The zero-order valence-electron chi connectivity index (χ0n) is 65.9. The van der Waals surface area contributed by atoms with Crippen LogP contribution in [0.3, 0.4) is 0 Å². The number of hydrogen-bond donors (Lipinski definition) is 0. The summed E-state index contributed by atoms with van der Waals surface area (Å²) in [7, 11) is 0. The molecule has 0 spiro atoms. The zero-order chi connectivity index (χ0) is 72.4. The number of rotatable bonds is 73. The van der Waals surface area contributed by atoms with Gasteiger partial charge in [-0.2, -0.15) is 0 Å². The molecule has 2 aliphatic rings. The Bertz CT molecular complexity index is 2140. The van der Waals surface area contributed by atoms with Gasteiger partial charge in [-0.1, -0.05) is 252 Å². The zero-order valence-corrected chi connectivity index (χ0v) is 71.6. The van der Waals surface area contributed by atoms with Crippen molar-refractivity contribution in [2.75, 3.05) is 0 Å². The summed E-state index contributed by atoms with van der Waals surface area (Å²) >= 11 is -10.7. The summed E-state index contributed by atoms with van der Waals surface area (Å²) in [6.07, 6.45) is 81.9. The molecule has 0 aromatic carbocycles.